The van der Waals surface area contributed by atoms with Crippen molar-refractivity contribution in [3.8, 4) is 11.3 Å². The molecule has 0 aliphatic carbocycles. The summed E-state index contributed by atoms with van der Waals surface area (Å²) in [7, 11) is 0. The van der Waals surface area contributed by atoms with Gasteiger partial charge in [-0.2, -0.15) is 0 Å². The van der Waals surface area contributed by atoms with Crippen molar-refractivity contribution < 1.29 is 0 Å². The lowest BCUT2D eigenvalue weighted by Crippen LogP contribution is -2.40. The van der Waals surface area contributed by atoms with Gasteiger partial charge in [0.05, 0.1) is 5.69 Å². The quantitative estimate of drug-likeness (QED) is 0.543. The van der Waals surface area contributed by atoms with Gasteiger partial charge in [0.15, 0.2) is 16.1 Å². The first-order valence-electron chi connectivity index (χ1n) is 8.86. The monoisotopic (exact) mass is 368 g/mol. The van der Waals surface area contributed by atoms with E-state index in [1.165, 1.54) is 15.9 Å². The fraction of sp³-hybridized carbons (Fsp3) is 0.316. The first-order chi connectivity index (χ1) is 12.7. The molecule has 3 aromatic heterocycles. The number of aryl methyl sites for hydroxylation is 1. The minimum atomic E-state index is -0.266. The van der Waals surface area contributed by atoms with Crippen molar-refractivity contribution in [3.63, 3.8) is 0 Å². The average Bonchev–Trinajstić information content (AvgIpc) is 3.22. The summed E-state index contributed by atoms with van der Waals surface area (Å²) in [6, 6.07) is 9.94. The summed E-state index contributed by atoms with van der Waals surface area (Å²) in [5.41, 5.74) is 2.39. The van der Waals surface area contributed by atoms with Crippen molar-refractivity contribution in [2.24, 2.45) is 0 Å². The number of imidazole rings is 1. The van der Waals surface area contributed by atoms with Gasteiger partial charge in [0.25, 0.3) is 5.56 Å². The second-order valence-corrected chi connectivity index (χ2v) is 7.12. The summed E-state index contributed by atoms with van der Waals surface area (Å²) in [6.45, 7) is 4.94. The fourth-order valence-electron chi connectivity index (χ4n) is 3.34. The molecule has 0 aliphatic rings. The third-order valence-corrected chi connectivity index (χ3v) is 5.30. The Bertz CT molecular complexity index is 1200. The van der Waals surface area contributed by atoms with E-state index >= 15 is 0 Å². The van der Waals surface area contributed by atoms with Gasteiger partial charge in [0.2, 0.25) is 0 Å². The number of hydrogen-bond donors (Lipinski definition) is 0. The van der Waals surface area contributed by atoms with E-state index in [0.29, 0.717) is 24.3 Å². The van der Waals surface area contributed by atoms with Crippen LogP contribution in [0.25, 0.3) is 27.4 Å². The number of benzene rings is 1. The molecule has 0 saturated heterocycles. The Hall–Kier alpha value is -2.67. The second-order valence-electron chi connectivity index (χ2n) is 6.28. The smallest absolute Gasteiger partial charge is 0.276 e. The molecule has 4 aromatic rings. The number of rotatable bonds is 5. The Morgan fingerprint density at radius 2 is 1.69 bits per heavy atom. The van der Waals surface area contributed by atoms with Gasteiger partial charge in [-0.25, -0.2) is 9.78 Å². The van der Waals surface area contributed by atoms with Crippen LogP contribution in [0.3, 0.4) is 0 Å². The Kier molecular flexibility index (Phi) is 4.24. The maximum atomic E-state index is 13.1. The van der Waals surface area contributed by atoms with E-state index in [4.69, 9.17) is 0 Å². The number of thiazole rings is 1. The van der Waals surface area contributed by atoms with Crippen LogP contribution in [0.1, 0.15) is 26.7 Å². The summed E-state index contributed by atoms with van der Waals surface area (Å²) in [4.78, 5) is 31.3. The summed E-state index contributed by atoms with van der Waals surface area (Å²) in [5, 5.41) is 2.01. The molecule has 0 atom stereocenters. The largest absolute Gasteiger partial charge is 0.332 e. The first-order valence-corrected chi connectivity index (χ1v) is 9.74. The molecule has 0 radical (unpaired) electrons. The van der Waals surface area contributed by atoms with Crippen LogP contribution in [0.5, 0.6) is 0 Å². The SMILES string of the molecule is CCCn1c(=O)c2c(nc3scc(-c4ccccc4)n32)n(CCC)c1=O. The van der Waals surface area contributed by atoms with Gasteiger partial charge < -0.3 is 0 Å². The van der Waals surface area contributed by atoms with E-state index in [9.17, 15) is 9.59 Å². The van der Waals surface area contributed by atoms with Crippen molar-refractivity contribution in [3.05, 3.63) is 56.5 Å². The third-order valence-electron chi connectivity index (χ3n) is 4.47. The van der Waals surface area contributed by atoms with Crippen LogP contribution in [0.15, 0.2) is 45.3 Å². The van der Waals surface area contributed by atoms with Crippen LogP contribution in [0.2, 0.25) is 0 Å². The highest BCUT2D eigenvalue weighted by atomic mass is 32.1. The lowest BCUT2D eigenvalue weighted by Gasteiger charge is -2.10. The van der Waals surface area contributed by atoms with Gasteiger partial charge in [-0.3, -0.25) is 18.3 Å². The summed E-state index contributed by atoms with van der Waals surface area (Å²) in [6.07, 6.45) is 1.53. The number of aromatic nitrogens is 4. The van der Waals surface area contributed by atoms with Gasteiger partial charge in [0, 0.05) is 18.5 Å². The molecule has 3 heterocycles. The van der Waals surface area contributed by atoms with Crippen LogP contribution < -0.4 is 11.2 Å². The maximum absolute atomic E-state index is 13.1. The summed E-state index contributed by atoms with van der Waals surface area (Å²) in [5.74, 6) is 0. The molecule has 0 aliphatic heterocycles. The lowest BCUT2D eigenvalue weighted by molar-refractivity contribution is 0.555. The molecule has 0 saturated carbocycles. The van der Waals surface area contributed by atoms with E-state index in [1.807, 2.05) is 54.0 Å². The molecular weight excluding hydrogens is 348 g/mol. The van der Waals surface area contributed by atoms with E-state index in [-0.39, 0.29) is 11.2 Å². The van der Waals surface area contributed by atoms with Gasteiger partial charge in [-0.15, -0.1) is 11.3 Å². The normalized spacial score (nSPS) is 11.6. The molecule has 7 heteroatoms. The highest BCUT2D eigenvalue weighted by molar-refractivity contribution is 7.15. The van der Waals surface area contributed by atoms with Crippen LogP contribution in [0.4, 0.5) is 0 Å². The molecule has 26 heavy (non-hydrogen) atoms. The number of nitrogens with zero attached hydrogens (tertiary/aromatic N) is 4. The minimum absolute atomic E-state index is 0.262. The van der Waals surface area contributed by atoms with Crippen molar-refractivity contribution in [2.45, 2.75) is 39.8 Å². The Balaban J connectivity index is 2.16. The zero-order valence-corrected chi connectivity index (χ0v) is 15.6. The van der Waals surface area contributed by atoms with Crippen molar-refractivity contribution >= 4 is 27.5 Å². The fourth-order valence-corrected chi connectivity index (χ4v) is 4.23. The Morgan fingerprint density at radius 3 is 2.38 bits per heavy atom. The average molecular weight is 368 g/mol. The van der Waals surface area contributed by atoms with Gasteiger partial charge in [-0.05, 0) is 18.4 Å². The van der Waals surface area contributed by atoms with Crippen LogP contribution in [0, 0.1) is 0 Å². The topological polar surface area (TPSA) is 61.3 Å². The molecule has 0 amide bonds. The third kappa shape index (κ3) is 2.42. The van der Waals surface area contributed by atoms with Gasteiger partial charge in [-0.1, -0.05) is 44.2 Å². The summed E-state index contributed by atoms with van der Waals surface area (Å²) < 4.78 is 4.88. The zero-order chi connectivity index (χ0) is 18.3. The maximum Gasteiger partial charge on any atom is 0.332 e. The van der Waals surface area contributed by atoms with E-state index < -0.39 is 0 Å². The highest BCUT2D eigenvalue weighted by Crippen LogP contribution is 2.28. The molecule has 0 unspecified atom stereocenters. The molecule has 6 nitrogen and oxygen atoms in total. The van der Waals surface area contributed by atoms with Gasteiger partial charge >= 0.3 is 5.69 Å². The summed E-state index contributed by atoms with van der Waals surface area (Å²) >= 11 is 1.48. The predicted octanol–water partition coefficient (Wildman–Crippen LogP) is 3.36. The number of fused-ring (bicyclic) bond motifs is 3. The van der Waals surface area contributed by atoms with Crippen molar-refractivity contribution in [1.82, 2.24) is 18.5 Å². The van der Waals surface area contributed by atoms with E-state index in [2.05, 4.69) is 4.98 Å². The van der Waals surface area contributed by atoms with E-state index in [1.54, 1.807) is 4.57 Å². The van der Waals surface area contributed by atoms with Crippen LogP contribution >= 0.6 is 11.3 Å². The molecular formula is C19H20N4O2S. The highest BCUT2D eigenvalue weighted by Gasteiger charge is 2.21. The van der Waals surface area contributed by atoms with Gasteiger partial charge in [0.1, 0.15) is 0 Å². The lowest BCUT2D eigenvalue weighted by atomic mass is 10.2. The molecule has 0 N–H and O–H groups in total. The second kappa shape index (κ2) is 6.57. The van der Waals surface area contributed by atoms with E-state index in [0.717, 1.165) is 29.1 Å². The minimum Gasteiger partial charge on any atom is -0.276 e. The Morgan fingerprint density at radius 1 is 1.00 bits per heavy atom. The molecule has 1 aromatic carbocycles. The van der Waals surface area contributed by atoms with Crippen LogP contribution in [-0.4, -0.2) is 18.5 Å². The predicted molar refractivity (Wildman–Crippen MR) is 105 cm³/mol. The molecule has 4 rings (SSSR count). The molecule has 0 bridgehead atoms. The molecule has 0 spiro atoms. The zero-order valence-electron chi connectivity index (χ0n) is 14.8. The van der Waals surface area contributed by atoms with Crippen molar-refractivity contribution in [1.29, 1.82) is 0 Å². The molecule has 134 valence electrons. The van der Waals surface area contributed by atoms with Crippen LogP contribution in [-0.2, 0) is 13.1 Å². The molecule has 0 fully saturated rings. The number of hydrogen-bond acceptors (Lipinski definition) is 4. The first kappa shape index (κ1) is 16.8. The Labute approximate surface area is 154 Å². The van der Waals surface area contributed by atoms with Crippen molar-refractivity contribution in [2.75, 3.05) is 0 Å². The standard InChI is InChI=1S/C19H20N4O2S/c1-3-10-21-16-15(17(24)22(11-4-2)19(21)25)23-14(12-26-18(23)20-16)13-8-6-5-7-9-13/h5-9,12H,3-4,10-11H2,1-2H3.